The van der Waals surface area contributed by atoms with Gasteiger partial charge in [-0.3, -0.25) is 4.90 Å². The van der Waals surface area contributed by atoms with Crippen LogP contribution in [0.15, 0.2) is 10.5 Å². The Hall–Kier alpha value is -0.940. The van der Waals surface area contributed by atoms with Crippen molar-refractivity contribution in [1.82, 2.24) is 10.2 Å². The third-order valence-electron chi connectivity index (χ3n) is 2.82. The highest BCUT2D eigenvalue weighted by molar-refractivity contribution is 5.20. The molecule has 1 aromatic rings. The largest absolute Gasteiger partial charge is 0.465 e. The van der Waals surface area contributed by atoms with Crippen LogP contribution in [-0.4, -0.2) is 31.5 Å². The second-order valence-corrected chi connectivity index (χ2v) is 5.41. The van der Waals surface area contributed by atoms with Crippen LogP contribution in [0.2, 0.25) is 0 Å². The lowest BCUT2D eigenvalue weighted by Crippen LogP contribution is -2.23. The Balaban J connectivity index is 2.48. The van der Waals surface area contributed by atoms with Crippen molar-refractivity contribution in [2.24, 2.45) is 5.92 Å². The Bertz CT molecular complexity index is 378. The van der Waals surface area contributed by atoms with Gasteiger partial charge in [0.15, 0.2) is 0 Å². The van der Waals surface area contributed by atoms with Gasteiger partial charge in [0.2, 0.25) is 0 Å². The van der Waals surface area contributed by atoms with Crippen LogP contribution in [-0.2, 0) is 13.1 Å². The molecule has 0 unspecified atom stereocenters. The van der Waals surface area contributed by atoms with Gasteiger partial charge in [-0.25, -0.2) is 8.78 Å². The summed E-state index contributed by atoms with van der Waals surface area (Å²) in [5.74, 6) is 2.20. The van der Waals surface area contributed by atoms with Crippen LogP contribution < -0.4 is 5.32 Å². The topological polar surface area (TPSA) is 28.4 Å². The normalized spacial score (nSPS) is 12.1. The Morgan fingerprint density at radius 2 is 2.05 bits per heavy atom. The zero-order valence-corrected chi connectivity index (χ0v) is 12.2. The molecule has 5 heteroatoms. The van der Waals surface area contributed by atoms with Gasteiger partial charge in [-0.05, 0) is 32.5 Å². The summed E-state index contributed by atoms with van der Waals surface area (Å²) in [6.07, 6.45) is -2.31. The number of furan rings is 1. The second kappa shape index (κ2) is 7.60. The average Bonchev–Trinajstić information content (AvgIpc) is 2.57. The van der Waals surface area contributed by atoms with Crippen molar-refractivity contribution < 1.29 is 13.2 Å². The molecule has 3 nitrogen and oxygen atoms in total. The second-order valence-electron chi connectivity index (χ2n) is 5.41. The van der Waals surface area contributed by atoms with E-state index in [0.717, 1.165) is 30.2 Å². The first-order valence-corrected chi connectivity index (χ1v) is 6.64. The predicted octanol–water partition coefficient (Wildman–Crippen LogP) is 3.03. The highest BCUT2D eigenvalue weighted by atomic mass is 19.3. The summed E-state index contributed by atoms with van der Waals surface area (Å²) >= 11 is 0. The molecule has 1 rings (SSSR count). The van der Waals surface area contributed by atoms with Gasteiger partial charge in [0, 0.05) is 12.1 Å². The summed E-state index contributed by atoms with van der Waals surface area (Å²) in [7, 11) is 1.67. The van der Waals surface area contributed by atoms with Crippen molar-refractivity contribution in [3.8, 4) is 0 Å². The van der Waals surface area contributed by atoms with Crippen molar-refractivity contribution in [1.29, 1.82) is 0 Å². The molecule has 0 saturated heterocycles. The first kappa shape index (κ1) is 16.1. The quantitative estimate of drug-likeness (QED) is 0.790. The molecule has 0 aliphatic rings. The van der Waals surface area contributed by atoms with Crippen LogP contribution in [0.1, 0.15) is 30.9 Å². The minimum atomic E-state index is -2.31. The van der Waals surface area contributed by atoms with E-state index in [-0.39, 0.29) is 6.54 Å². The number of nitrogens with zero attached hydrogens (tertiary/aromatic N) is 1. The highest BCUT2D eigenvalue weighted by Crippen LogP contribution is 2.16. The van der Waals surface area contributed by atoms with E-state index in [0.29, 0.717) is 12.5 Å². The molecule has 1 heterocycles. The van der Waals surface area contributed by atoms with Crippen LogP contribution in [0.4, 0.5) is 8.78 Å². The summed E-state index contributed by atoms with van der Waals surface area (Å²) in [4.78, 5) is 1.56. The molecular formula is C14H24F2N2O. The average molecular weight is 274 g/mol. The van der Waals surface area contributed by atoms with Crippen LogP contribution in [0.3, 0.4) is 0 Å². The Morgan fingerprint density at radius 3 is 2.63 bits per heavy atom. The van der Waals surface area contributed by atoms with Gasteiger partial charge >= 0.3 is 0 Å². The lowest BCUT2D eigenvalue weighted by Gasteiger charge is -2.13. The molecule has 0 aliphatic heterocycles. The van der Waals surface area contributed by atoms with E-state index in [4.69, 9.17) is 4.42 Å². The van der Waals surface area contributed by atoms with E-state index in [1.54, 1.807) is 11.9 Å². The predicted molar refractivity (Wildman–Crippen MR) is 72.3 cm³/mol. The van der Waals surface area contributed by atoms with Gasteiger partial charge < -0.3 is 9.73 Å². The number of halogens is 2. The zero-order chi connectivity index (χ0) is 14.4. The van der Waals surface area contributed by atoms with Gasteiger partial charge in [0.05, 0.1) is 13.1 Å². The first-order chi connectivity index (χ1) is 8.88. The molecule has 1 N–H and O–H groups in total. The molecule has 0 spiro atoms. The van der Waals surface area contributed by atoms with E-state index in [1.165, 1.54) is 0 Å². The SMILES string of the molecule is Cc1oc(CN(C)CC(F)F)cc1CNCC(C)C. The molecule has 0 atom stereocenters. The number of hydrogen-bond acceptors (Lipinski definition) is 3. The number of hydrogen-bond donors (Lipinski definition) is 1. The monoisotopic (exact) mass is 274 g/mol. The third kappa shape index (κ3) is 6.16. The molecule has 1 aromatic heterocycles. The molecule has 0 aliphatic carbocycles. The summed E-state index contributed by atoms with van der Waals surface area (Å²) in [5, 5.41) is 3.35. The fourth-order valence-electron chi connectivity index (χ4n) is 1.90. The van der Waals surface area contributed by atoms with Gasteiger partial charge in [0.25, 0.3) is 6.43 Å². The number of nitrogens with one attached hydrogen (secondary N) is 1. The summed E-state index contributed by atoms with van der Waals surface area (Å²) in [6.45, 7) is 8.09. The van der Waals surface area contributed by atoms with Crippen molar-refractivity contribution >= 4 is 0 Å². The van der Waals surface area contributed by atoms with E-state index in [9.17, 15) is 8.78 Å². The van der Waals surface area contributed by atoms with Gasteiger partial charge in [-0.2, -0.15) is 0 Å². The zero-order valence-electron chi connectivity index (χ0n) is 12.2. The van der Waals surface area contributed by atoms with E-state index >= 15 is 0 Å². The fraction of sp³-hybridized carbons (Fsp3) is 0.714. The summed E-state index contributed by atoms with van der Waals surface area (Å²) in [5.41, 5.74) is 1.10. The van der Waals surface area contributed by atoms with E-state index in [1.807, 2.05) is 13.0 Å². The van der Waals surface area contributed by atoms with Crippen LogP contribution in [0.25, 0.3) is 0 Å². The Morgan fingerprint density at radius 1 is 1.37 bits per heavy atom. The Labute approximate surface area is 114 Å². The third-order valence-corrected chi connectivity index (χ3v) is 2.82. The smallest absolute Gasteiger partial charge is 0.251 e. The maximum absolute atomic E-state index is 12.2. The lowest BCUT2D eigenvalue weighted by molar-refractivity contribution is 0.0945. The van der Waals surface area contributed by atoms with Gasteiger partial charge in [-0.1, -0.05) is 13.8 Å². The molecule has 0 aromatic carbocycles. The molecule has 110 valence electrons. The standard InChI is InChI=1S/C14H24F2N2O/c1-10(2)6-17-7-12-5-13(19-11(12)3)8-18(4)9-14(15)16/h5,10,14,17H,6-9H2,1-4H3. The minimum absolute atomic E-state index is 0.235. The molecule has 0 saturated carbocycles. The molecule has 0 bridgehead atoms. The number of alkyl halides is 2. The lowest BCUT2D eigenvalue weighted by atomic mass is 10.2. The maximum atomic E-state index is 12.2. The van der Waals surface area contributed by atoms with Crippen molar-refractivity contribution in [2.45, 2.75) is 40.3 Å². The summed E-state index contributed by atoms with van der Waals surface area (Å²) < 4.78 is 30.1. The van der Waals surface area contributed by atoms with Crippen LogP contribution in [0.5, 0.6) is 0 Å². The van der Waals surface area contributed by atoms with Crippen LogP contribution in [0, 0.1) is 12.8 Å². The van der Waals surface area contributed by atoms with Crippen molar-refractivity contribution in [3.05, 3.63) is 23.2 Å². The van der Waals surface area contributed by atoms with Crippen molar-refractivity contribution in [2.75, 3.05) is 20.1 Å². The summed E-state index contributed by atoms with van der Waals surface area (Å²) in [6, 6.07) is 1.95. The highest BCUT2D eigenvalue weighted by Gasteiger charge is 2.12. The van der Waals surface area contributed by atoms with Crippen molar-refractivity contribution in [3.63, 3.8) is 0 Å². The fourth-order valence-corrected chi connectivity index (χ4v) is 1.90. The van der Waals surface area contributed by atoms with Crippen LogP contribution >= 0.6 is 0 Å². The maximum Gasteiger partial charge on any atom is 0.251 e. The Kier molecular flexibility index (Phi) is 6.45. The van der Waals surface area contributed by atoms with E-state index in [2.05, 4.69) is 19.2 Å². The number of rotatable bonds is 8. The molecular weight excluding hydrogens is 250 g/mol. The van der Waals surface area contributed by atoms with Gasteiger partial charge in [-0.15, -0.1) is 0 Å². The van der Waals surface area contributed by atoms with Gasteiger partial charge in [0.1, 0.15) is 11.5 Å². The molecule has 19 heavy (non-hydrogen) atoms. The molecule has 0 radical (unpaired) electrons. The number of aryl methyl sites for hydroxylation is 1. The first-order valence-electron chi connectivity index (χ1n) is 6.64. The molecule has 0 fully saturated rings. The molecule has 0 amide bonds. The van der Waals surface area contributed by atoms with E-state index < -0.39 is 6.43 Å². The minimum Gasteiger partial charge on any atom is -0.465 e.